The van der Waals surface area contributed by atoms with E-state index in [4.69, 9.17) is 37.2 Å². The fraction of sp³-hybridized carbons (Fsp3) is 0.161. The second-order valence-electron chi connectivity index (χ2n) is 8.86. The Morgan fingerprint density at radius 2 is 1.61 bits per heavy atom. The first-order valence-corrected chi connectivity index (χ1v) is 13.0. The number of halogens is 2. The highest BCUT2D eigenvalue weighted by molar-refractivity contribution is 6.39. The largest absolute Gasteiger partial charge is 0.489 e. The monoisotopic (exact) mass is 545 g/mol. The van der Waals surface area contributed by atoms with E-state index in [0.29, 0.717) is 32.6 Å². The van der Waals surface area contributed by atoms with Crippen molar-refractivity contribution in [2.75, 3.05) is 7.11 Å². The van der Waals surface area contributed by atoms with Gasteiger partial charge in [0.05, 0.1) is 28.3 Å². The molecule has 4 aromatic carbocycles. The number of benzene rings is 4. The molecule has 5 rings (SSSR count). The minimum absolute atomic E-state index is 0.265. The van der Waals surface area contributed by atoms with E-state index in [1.165, 1.54) is 7.11 Å². The van der Waals surface area contributed by atoms with Gasteiger partial charge in [0, 0.05) is 12.0 Å². The van der Waals surface area contributed by atoms with Crippen LogP contribution in [0.5, 0.6) is 5.75 Å². The number of hydrogen-bond acceptors (Lipinski definition) is 5. The molecule has 0 aliphatic carbocycles. The highest BCUT2D eigenvalue weighted by Crippen LogP contribution is 2.37. The molecule has 0 saturated heterocycles. The number of nitrogens with zero attached hydrogens (tertiary/aromatic N) is 1. The summed E-state index contributed by atoms with van der Waals surface area (Å²) < 4.78 is 16.7. The minimum atomic E-state index is -0.353. The van der Waals surface area contributed by atoms with Crippen molar-refractivity contribution in [3.8, 4) is 28.1 Å². The van der Waals surface area contributed by atoms with Crippen molar-refractivity contribution in [3.05, 3.63) is 106 Å². The first kappa shape index (κ1) is 25.8. The van der Waals surface area contributed by atoms with Gasteiger partial charge in [0.2, 0.25) is 0 Å². The molecule has 0 bridgehead atoms. The van der Waals surface area contributed by atoms with Crippen LogP contribution in [-0.4, -0.2) is 18.2 Å². The Morgan fingerprint density at radius 3 is 2.32 bits per heavy atom. The third-order valence-electron chi connectivity index (χ3n) is 6.38. The van der Waals surface area contributed by atoms with Crippen LogP contribution in [0, 0.1) is 0 Å². The summed E-state index contributed by atoms with van der Waals surface area (Å²) in [7, 11) is 1.38. The van der Waals surface area contributed by atoms with Crippen LogP contribution in [0.2, 0.25) is 10.0 Å². The molecule has 7 heteroatoms. The van der Waals surface area contributed by atoms with Crippen molar-refractivity contribution in [1.82, 2.24) is 5.16 Å². The number of carbonyl (C=O) groups is 1. The van der Waals surface area contributed by atoms with Crippen LogP contribution in [0.25, 0.3) is 33.2 Å². The van der Waals surface area contributed by atoms with Gasteiger partial charge in [-0.05, 0) is 70.8 Å². The highest BCUT2D eigenvalue weighted by atomic mass is 35.5. The molecule has 38 heavy (non-hydrogen) atoms. The van der Waals surface area contributed by atoms with Crippen molar-refractivity contribution in [3.63, 3.8) is 0 Å². The van der Waals surface area contributed by atoms with Gasteiger partial charge in [0.25, 0.3) is 0 Å². The maximum atomic E-state index is 11.9. The molecule has 0 saturated carbocycles. The lowest BCUT2D eigenvalue weighted by atomic mass is 10.00. The standard InChI is InChI=1S/C31H25Cl2NO4/c1-3-5-28-25(30(34-38-28)29-26(32)6-4-7-27(29)33)18-37-24-14-12-19(13-15-24)21-10-8-20-9-11-22(31(35)36-2)17-23(20)16-21/h4,6-17H,3,5,18H2,1-2H3. The van der Waals surface area contributed by atoms with Gasteiger partial charge in [-0.25, -0.2) is 4.79 Å². The summed E-state index contributed by atoms with van der Waals surface area (Å²) in [5.41, 5.74) is 4.66. The second kappa shape index (κ2) is 11.3. The molecular weight excluding hydrogens is 521 g/mol. The van der Waals surface area contributed by atoms with E-state index < -0.39 is 0 Å². The zero-order valence-electron chi connectivity index (χ0n) is 21.0. The predicted octanol–water partition coefficient (Wildman–Crippen LogP) is 8.79. The van der Waals surface area contributed by atoms with Crippen molar-refractivity contribution < 1.29 is 18.8 Å². The Kier molecular flexibility index (Phi) is 7.68. The number of methoxy groups -OCH3 is 1. The number of ether oxygens (including phenoxy) is 2. The van der Waals surface area contributed by atoms with Gasteiger partial charge in [0.15, 0.2) is 0 Å². The minimum Gasteiger partial charge on any atom is -0.489 e. The topological polar surface area (TPSA) is 61.6 Å². The third kappa shape index (κ3) is 5.26. The fourth-order valence-corrected chi connectivity index (χ4v) is 4.98. The van der Waals surface area contributed by atoms with E-state index in [1.54, 1.807) is 24.3 Å². The molecule has 0 N–H and O–H groups in total. The molecule has 0 aliphatic heterocycles. The normalized spacial score (nSPS) is 11.1. The Hall–Kier alpha value is -3.80. The Bertz CT molecular complexity index is 1590. The molecule has 5 nitrogen and oxygen atoms in total. The Balaban J connectivity index is 1.38. The molecule has 0 unspecified atom stereocenters. The van der Waals surface area contributed by atoms with Crippen molar-refractivity contribution in [2.24, 2.45) is 0 Å². The van der Waals surface area contributed by atoms with Crippen LogP contribution >= 0.6 is 23.2 Å². The average molecular weight is 546 g/mol. The van der Waals surface area contributed by atoms with Crippen molar-refractivity contribution in [2.45, 2.75) is 26.4 Å². The van der Waals surface area contributed by atoms with Gasteiger partial charge in [-0.1, -0.05) is 71.7 Å². The Labute approximate surface area is 230 Å². The maximum absolute atomic E-state index is 11.9. The molecule has 192 valence electrons. The summed E-state index contributed by atoms with van der Waals surface area (Å²) in [6.07, 6.45) is 1.63. The van der Waals surface area contributed by atoms with Gasteiger partial charge in [-0.15, -0.1) is 0 Å². The molecular formula is C31H25Cl2NO4. The molecule has 0 spiro atoms. The summed E-state index contributed by atoms with van der Waals surface area (Å²) in [6.45, 7) is 2.35. The molecule has 5 aromatic rings. The van der Waals surface area contributed by atoms with Gasteiger partial charge in [-0.2, -0.15) is 0 Å². The average Bonchev–Trinajstić information content (AvgIpc) is 3.33. The first-order valence-electron chi connectivity index (χ1n) is 12.3. The van der Waals surface area contributed by atoms with Gasteiger partial charge in [-0.3, -0.25) is 0 Å². The highest BCUT2D eigenvalue weighted by Gasteiger charge is 2.22. The number of hydrogen-bond donors (Lipinski definition) is 0. The second-order valence-corrected chi connectivity index (χ2v) is 9.68. The summed E-state index contributed by atoms with van der Waals surface area (Å²) in [4.78, 5) is 11.9. The molecule has 0 amide bonds. The van der Waals surface area contributed by atoms with E-state index in [9.17, 15) is 4.79 Å². The lowest BCUT2D eigenvalue weighted by Crippen LogP contribution is -2.00. The molecule has 0 atom stereocenters. The Morgan fingerprint density at radius 1 is 0.895 bits per heavy atom. The molecule has 0 fully saturated rings. The third-order valence-corrected chi connectivity index (χ3v) is 7.01. The number of carbonyl (C=O) groups excluding carboxylic acids is 1. The SMILES string of the molecule is CCCc1onc(-c2c(Cl)cccc2Cl)c1COc1ccc(-c2ccc3ccc(C(=O)OC)cc3c2)cc1. The predicted molar refractivity (Wildman–Crippen MR) is 151 cm³/mol. The smallest absolute Gasteiger partial charge is 0.337 e. The summed E-state index contributed by atoms with van der Waals surface area (Å²) in [5, 5.41) is 7.32. The summed E-state index contributed by atoms with van der Waals surface area (Å²) in [6, 6.07) is 24.9. The van der Waals surface area contributed by atoms with Crippen molar-refractivity contribution in [1.29, 1.82) is 0 Å². The quantitative estimate of drug-likeness (QED) is 0.182. The number of fused-ring (bicyclic) bond motifs is 1. The van der Waals surface area contributed by atoms with E-state index in [2.05, 4.69) is 24.2 Å². The number of rotatable bonds is 8. The van der Waals surface area contributed by atoms with Crippen LogP contribution in [0.3, 0.4) is 0 Å². The molecule has 0 radical (unpaired) electrons. The van der Waals surface area contributed by atoms with Crippen LogP contribution < -0.4 is 4.74 Å². The molecule has 0 aliphatic rings. The van der Waals surface area contributed by atoms with Crippen LogP contribution in [0.1, 0.15) is 35.0 Å². The zero-order chi connectivity index (χ0) is 26.6. The van der Waals surface area contributed by atoms with E-state index >= 15 is 0 Å². The van der Waals surface area contributed by atoms with Gasteiger partial charge >= 0.3 is 5.97 Å². The van der Waals surface area contributed by atoms with Crippen molar-refractivity contribution >= 4 is 39.9 Å². The zero-order valence-corrected chi connectivity index (χ0v) is 22.5. The molecule has 1 heterocycles. The van der Waals surface area contributed by atoms with Gasteiger partial charge in [0.1, 0.15) is 23.8 Å². The van der Waals surface area contributed by atoms with Gasteiger partial charge < -0.3 is 14.0 Å². The van der Waals surface area contributed by atoms with E-state index in [0.717, 1.165) is 46.1 Å². The number of esters is 1. The van der Waals surface area contributed by atoms with Crippen LogP contribution in [0.15, 0.2) is 83.4 Å². The van der Waals surface area contributed by atoms with Crippen LogP contribution in [0.4, 0.5) is 0 Å². The molecule has 1 aromatic heterocycles. The lowest BCUT2D eigenvalue weighted by molar-refractivity contribution is 0.0601. The number of aromatic nitrogens is 1. The first-order chi connectivity index (χ1) is 18.5. The van der Waals surface area contributed by atoms with Crippen LogP contribution in [-0.2, 0) is 17.8 Å². The number of aryl methyl sites for hydroxylation is 1. The summed E-state index contributed by atoms with van der Waals surface area (Å²) >= 11 is 12.9. The van der Waals surface area contributed by atoms with E-state index in [1.807, 2.05) is 42.5 Å². The van der Waals surface area contributed by atoms with E-state index in [-0.39, 0.29) is 12.6 Å². The maximum Gasteiger partial charge on any atom is 0.337 e. The lowest BCUT2D eigenvalue weighted by Gasteiger charge is -2.10. The summed E-state index contributed by atoms with van der Waals surface area (Å²) in [5.74, 6) is 1.12. The fourth-order valence-electron chi connectivity index (χ4n) is 4.41.